The van der Waals surface area contributed by atoms with Crippen molar-refractivity contribution in [2.75, 3.05) is 0 Å². The van der Waals surface area contributed by atoms with Gasteiger partial charge >= 0.3 is 0 Å². The van der Waals surface area contributed by atoms with E-state index >= 15 is 0 Å². The molecule has 0 aliphatic rings. The van der Waals surface area contributed by atoms with Crippen molar-refractivity contribution in [2.24, 2.45) is 0 Å². The van der Waals surface area contributed by atoms with Gasteiger partial charge in [0.25, 0.3) is 0 Å². The van der Waals surface area contributed by atoms with Gasteiger partial charge in [0.1, 0.15) is 5.75 Å². The third-order valence-electron chi connectivity index (χ3n) is 2.58. The lowest BCUT2D eigenvalue weighted by Gasteiger charge is -2.11. The first-order chi connectivity index (χ1) is 9.25. The third-order valence-corrected chi connectivity index (χ3v) is 2.58. The van der Waals surface area contributed by atoms with Gasteiger partial charge in [-0.1, -0.05) is 0 Å². The Hall–Kier alpha value is -2.64. The van der Waals surface area contributed by atoms with Crippen LogP contribution in [0.2, 0.25) is 0 Å². The zero-order valence-electron chi connectivity index (χ0n) is 9.46. The van der Waals surface area contributed by atoms with Crippen molar-refractivity contribution in [3.05, 3.63) is 35.4 Å². The minimum atomic E-state index is -1.95. The van der Waals surface area contributed by atoms with E-state index in [-0.39, 0.29) is 0 Å². The van der Waals surface area contributed by atoms with Gasteiger partial charge in [0, 0.05) is 11.6 Å². The Morgan fingerprint density at radius 3 is 1.65 bits per heavy atom. The zero-order valence-corrected chi connectivity index (χ0v) is 9.46. The van der Waals surface area contributed by atoms with Gasteiger partial charge in [-0.3, -0.25) is 0 Å². The van der Waals surface area contributed by atoms with Crippen LogP contribution >= 0.6 is 0 Å². The monoisotopic (exact) mass is 290 g/mol. The molecule has 0 spiro atoms. The summed E-state index contributed by atoms with van der Waals surface area (Å²) < 4.78 is 54.0. The molecule has 0 aromatic heterocycles. The van der Waals surface area contributed by atoms with E-state index in [9.17, 15) is 22.7 Å². The van der Waals surface area contributed by atoms with E-state index in [0.717, 1.165) is 0 Å². The van der Waals surface area contributed by atoms with Crippen LogP contribution in [0.25, 0.3) is 11.1 Å². The standard InChI is InChI=1S/C12H6F4O4/c13-7-4(1-3(17)2-5(7)18)6-8(14)11(19)10(16)12(20)9(6)15/h1-2,17-20H. The number of benzene rings is 2. The Bertz CT molecular complexity index is 686. The molecule has 0 atom stereocenters. The molecule has 0 fully saturated rings. The summed E-state index contributed by atoms with van der Waals surface area (Å²) in [5.74, 6) is -12.5. The fourth-order valence-electron chi connectivity index (χ4n) is 1.65. The van der Waals surface area contributed by atoms with Crippen LogP contribution in [0.1, 0.15) is 0 Å². The summed E-state index contributed by atoms with van der Waals surface area (Å²) in [5.41, 5.74) is -2.33. The Labute approximate surface area is 108 Å². The summed E-state index contributed by atoms with van der Waals surface area (Å²) >= 11 is 0. The molecule has 8 heteroatoms. The largest absolute Gasteiger partial charge is 0.508 e. The van der Waals surface area contributed by atoms with Crippen molar-refractivity contribution in [3.8, 4) is 34.1 Å². The van der Waals surface area contributed by atoms with Crippen LogP contribution in [0.15, 0.2) is 12.1 Å². The van der Waals surface area contributed by atoms with Crippen molar-refractivity contribution in [2.45, 2.75) is 0 Å². The molecule has 0 saturated heterocycles. The van der Waals surface area contributed by atoms with E-state index in [0.29, 0.717) is 12.1 Å². The maximum Gasteiger partial charge on any atom is 0.212 e. The van der Waals surface area contributed by atoms with Gasteiger partial charge in [0.2, 0.25) is 5.82 Å². The highest BCUT2D eigenvalue weighted by Gasteiger charge is 2.28. The summed E-state index contributed by atoms with van der Waals surface area (Å²) in [6.45, 7) is 0. The molecule has 0 aliphatic heterocycles. The second-order valence-electron chi connectivity index (χ2n) is 3.84. The molecule has 4 N–H and O–H groups in total. The number of hydrogen-bond acceptors (Lipinski definition) is 4. The number of phenols is 4. The van der Waals surface area contributed by atoms with Crippen molar-refractivity contribution in [3.63, 3.8) is 0 Å². The van der Waals surface area contributed by atoms with E-state index in [1.54, 1.807) is 0 Å². The second kappa shape index (κ2) is 4.48. The van der Waals surface area contributed by atoms with Crippen molar-refractivity contribution in [1.82, 2.24) is 0 Å². The average Bonchev–Trinajstić information content (AvgIpc) is 2.39. The molecule has 0 aliphatic carbocycles. The van der Waals surface area contributed by atoms with Crippen LogP contribution in [0.3, 0.4) is 0 Å². The van der Waals surface area contributed by atoms with Crippen LogP contribution in [-0.4, -0.2) is 20.4 Å². The predicted octanol–water partition coefficient (Wildman–Crippen LogP) is 2.73. The van der Waals surface area contributed by atoms with Gasteiger partial charge < -0.3 is 20.4 Å². The van der Waals surface area contributed by atoms with E-state index in [4.69, 9.17) is 15.3 Å². The smallest absolute Gasteiger partial charge is 0.212 e. The van der Waals surface area contributed by atoms with Gasteiger partial charge in [-0.15, -0.1) is 0 Å². The highest BCUT2D eigenvalue weighted by molar-refractivity contribution is 5.72. The SMILES string of the molecule is Oc1cc(O)c(F)c(-c2c(F)c(O)c(F)c(O)c2F)c1. The summed E-state index contributed by atoms with van der Waals surface area (Å²) in [7, 11) is 0. The quantitative estimate of drug-likeness (QED) is 0.609. The lowest BCUT2D eigenvalue weighted by molar-refractivity contribution is 0.348. The Balaban J connectivity index is 2.91. The number of phenolic OH excluding ortho intramolecular Hbond substituents is 4. The van der Waals surface area contributed by atoms with E-state index < -0.39 is 57.4 Å². The van der Waals surface area contributed by atoms with Gasteiger partial charge in [-0.25, -0.2) is 13.2 Å². The van der Waals surface area contributed by atoms with Gasteiger partial charge in [0.15, 0.2) is 34.7 Å². The lowest BCUT2D eigenvalue weighted by Crippen LogP contribution is -1.98. The first-order valence-electron chi connectivity index (χ1n) is 5.06. The lowest BCUT2D eigenvalue weighted by atomic mass is 10.0. The Kier molecular flexibility index (Phi) is 3.09. The Morgan fingerprint density at radius 2 is 1.15 bits per heavy atom. The molecular weight excluding hydrogens is 284 g/mol. The van der Waals surface area contributed by atoms with Crippen molar-refractivity contribution < 1.29 is 38.0 Å². The summed E-state index contributed by atoms with van der Waals surface area (Å²) in [6, 6.07) is 1.10. The summed E-state index contributed by atoms with van der Waals surface area (Å²) in [6.07, 6.45) is 0. The van der Waals surface area contributed by atoms with Crippen LogP contribution in [-0.2, 0) is 0 Å². The molecule has 20 heavy (non-hydrogen) atoms. The Morgan fingerprint density at radius 1 is 0.650 bits per heavy atom. The highest BCUT2D eigenvalue weighted by Crippen LogP contribution is 2.42. The minimum absolute atomic E-state index is 0.535. The van der Waals surface area contributed by atoms with Gasteiger partial charge in [0.05, 0.1) is 5.56 Å². The molecule has 0 heterocycles. The average molecular weight is 290 g/mol. The minimum Gasteiger partial charge on any atom is -0.508 e. The van der Waals surface area contributed by atoms with E-state index in [2.05, 4.69) is 0 Å². The summed E-state index contributed by atoms with van der Waals surface area (Å²) in [5, 5.41) is 36.4. The number of halogens is 4. The van der Waals surface area contributed by atoms with Crippen LogP contribution < -0.4 is 0 Å². The maximum atomic E-state index is 13.7. The molecule has 4 nitrogen and oxygen atoms in total. The first kappa shape index (κ1) is 13.8. The first-order valence-corrected chi connectivity index (χ1v) is 5.06. The fourth-order valence-corrected chi connectivity index (χ4v) is 1.65. The second-order valence-corrected chi connectivity index (χ2v) is 3.84. The van der Waals surface area contributed by atoms with Crippen LogP contribution in [0, 0.1) is 23.3 Å². The molecular formula is C12H6F4O4. The van der Waals surface area contributed by atoms with Gasteiger partial charge in [-0.05, 0) is 6.07 Å². The molecule has 2 aromatic rings. The summed E-state index contributed by atoms with van der Waals surface area (Å²) in [4.78, 5) is 0. The van der Waals surface area contributed by atoms with Crippen molar-refractivity contribution >= 4 is 0 Å². The predicted molar refractivity (Wildman–Crippen MR) is 58.4 cm³/mol. The van der Waals surface area contributed by atoms with E-state index in [1.807, 2.05) is 0 Å². The number of rotatable bonds is 1. The van der Waals surface area contributed by atoms with E-state index in [1.165, 1.54) is 0 Å². The number of aromatic hydroxyl groups is 4. The highest BCUT2D eigenvalue weighted by atomic mass is 19.2. The molecule has 0 saturated carbocycles. The van der Waals surface area contributed by atoms with Crippen molar-refractivity contribution in [1.29, 1.82) is 0 Å². The zero-order chi connectivity index (χ0) is 15.2. The fraction of sp³-hybridized carbons (Fsp3) is 0. The maximum absolute atomic E-state index is 13.7. The molecule has 0 unspecified atom stereocenters. The molecule has 2 aromatic carbocycles. The topological polar surface area (TPSA) is 80.9 Å². The molecule has 2 rings (SSSR count). The molecule has 0 bridgehead atoms. The molecule has 0 radical (unpaired) electrons. The normalized spacial score (nSPS) is 10.8. The van der Waals surface area contributed by atoms with Crippen LogP contribution in [0.4, 0.5) is 17.6 Å². The van der Waals surface area contributed by atoms with Crippen LogP contribution in [0.5, 0.6) is 23.0 Å². The molecule has 106 valence electrons. The molecule has 0 amide bonds. The van der Waals surface area contributed by atoms with Gasteiger partial charge in [-0.2, -0.15) is 4.39 Å². The third kappa shape index (κ3) is 1.85. The number of hydrogen-bond donors (Lipinski definition) is 4.